The van der Waals surface area contributed by atoms with E-state index in [0.717, 1.165) is 0 Å². The molecule has 1 aromatic rings. The number of nitrogens with one attached hydrogen (secondary N) is 1. The van der Waals surface area contributed by atoms with Crippen molar-refractivity contribution in [1.82, 2.24) is 4.72 Å². The molecule has 0 saturated heterocycles. The first kappa shape index (κ1) is 13.9. The van der Waals surface area contributed by atoms with Crippen molar-refractivity contribution in [1.29, 1.82) is 0 Å². The van der Waals surface area contributed by atoms with Crippen LogP contribution in [0.25, 0.3) is 0 Å². The maximum Gasteiger partial charge on any atom is 0.240 e. The van der Waals surface area contributed by atoms with Gasteiger partial charge in [0, 0.05) is 29.6 Å². The van der Waals surface area contributed by atoms with Crippen LogP contribution in [-0.2, 0) is 10.0 Å². The van der Waals surface area contributed by atoms with Crippen molar-refractivity contribution < 1.29 is 13.2 Å². The quantitative estimate of drug-likeness (QED) is 0.747. The molecule has 0 aliphatic rings. The number of ether oxygens (including phenoxy) is 1. The fourth-order valence-electron chi connectivity index (χ4n) is 0.873. The van der Waals surface area contributed by atoms with E-state index in [1.807, 2.05) is 0 Å². The maximum absolute atomic E-state index is 11.2. The second-order valence-corrected chi connectivity index (χ2v) is 4.27. The van der Waals surface area contributed by atoms with E-state index in [4.69, 9.17) is 4.74 Å². The van der Waals surface area contributed by atoms with Crippen LogP contribution in [-0.4, -0.2) is 52.1 Å². The van der Waals surface area contributed by atoms with E-state index >= 15 is 0 Å². The molecule has 0 bridgehead atoms. The van der Waals surface area contributed by atoms with Gasteiger partial charge in [0.1, 0.15) is 5.75 Å². The average molecular weight is 224 g/mol. The zero-order valence-corrected chi connectivity index (χ0v) is 11.3. The van der Waals surface area contributed by atoms with Crippen molar-refractivity contribution in [3.05, 3.63) is 24.3 Å². The maximum atomic E-state index is 11.2. The van der Waals surface area contributed by atoms with Crippen molar-refractivity contribution in [2.45, 2.75) is 4.90 Å². The summed E-state index contributed by atoms with van der Waals surface area (Å²) in [7, 11) is -0.425. The standard InChI is InChI=1S/C8H11NO3S.Na/c1-9-13(10,11)8-5-3-7(12-2)4-6-8;/h3-6,9H,1-2H3;. The molecule has 14 heavy (non-hydrogen) atoms. The molecule has 1 aromatic carbocycles. The predicted molar refractivity (Wildman–Crippen MR) is 55.0 cm³/mol. The van der Waals surface area contributed by atoms with Gasteiger partial charge in [0.05, 0.1) is 12.0 Å². The molecule has 0 amide bonds. The van der Waals surface area contributed by atoms with E-state index < -0.39 is 10.0 Å². The summed E-state index contributed by atoms with van der Waals surface area (Å²) >= 11 is 0. The summed E-state index contributed by atoms with van der Waals surface area (Å²) in [5.41, 5.74) is 0. The van der Waals surface area contributed by atoms with Crippen molar-refractivity contribution >= 4 is 39.6 Å². The van der Waals surface area contributed by atoms with Gasteiger partial charge in [0.2, 0.25) is 10.0 Å². The third kappa shape index (κ3) is 3.25. The molecule has 0 unspecified atom stereocenters. The van der Waals surface area contributed by atoms with Gasteiger partial charge in [-0.15, -0.1) is 0 Å². The summed E-state index contributed by atoms with van der Waals surface area (Å²) in [6, 6.07) is 6.18. The molecular weight excluding hydrogens is 213 g/mol. The summed E-state index contributed by atoms with van der Waals surface area (Å²) in [4.78, 5) is 0.232. The number of benzene rings is 1. The van der Waals surface area contributed by atoms with Gasteiger partial charge in [-0.3, -0.25) is 0 Å². The first-order chi connectivity index (χ1) is 6.10. The van der Waals surface area contributed by atoms with E-state index in [1.165, 1.54) is 26.3 Å². The SMILES string of the molecule is CNS(=O)(=O)c1ccc(OC)cc1.[Na]. The molecular formula is C8H11NNaO3S. The second-order valence-electron chi connectivity index (χ2n) is 2.38. The first-order valence-electron chi connectivity index (χ1n) is 3.68. The topological polar surface area (TPSA) is 55.4 Å². The number of hydrogen-bond donors (Lipinski definition) is 1. The van der Waals surface area contributed by atoms with Crippen LogP contribution >= 0.6 is 0 Å². The van der Waals surface area contributed by atoms with E-state index in [9.17, 15) is 8.42 Å². The van der Waals surface area contributed by atoms with Crippen LogP contribution in [0.15, 0.2) is 29.2 Å². The molecule has 0 atom stereocenters. The van der Waals surface area contributed by atoms with Gasteiger partial charge in [-0.05, 0) is 31.3 Å². The Morgan fingerprint density at radius 2 is 1.71 bits per heavy atom. The molecule has 0 aliphatic heterocycles. The third-order valence-corrected chi connectivity index (χ3v) is 3.07. The van der Waals surface area contributed by atoms with Crippen molar-refractivity contribution in [2.24, 2.45) is 0 Å². The Bertz CT molecular complexity index is 374. The van der Waals surface area contributed by atoms with Crippen LogP contribution in [0.4, 0.5) is 0 Å². The van der Waals surface area contributed by atoms with Crippen LogP contribution in [0.2, 0.25) is 0 Å². The fraction of sp³-hybridized carbons (Fsp3) is 0.250. The molecule has 1 radical (unpaired) electrons. The van der Waals surface area contributed by atoms with Gasteiger partial charge < -0.3 is 4.74 Å². The molecule has 0 saturated carbocycles. The van der Waals surface area contributed by atoms with E-state index in [-0.39, 0.29) is 34.5 Å². The summed E-state index contributed by atoms with van der Waals surface area (Å²) in [6.07, 6.45) is 0. The van der Waals surface area contributed by atoms with Crippen LogP contribution in [0.1, 0.15) is 0 Å². The number of sulfonamides is 1. The summed E-state index contributed by atoms with van der Waals surface area (Å²) in [5, 5.41) is 0. The Hall–Kier alpha value is -0.0700. The van der Waals surface area contributed by atoms with Gasteiger partial charge in [-0.2, -0.15) is 0 Å². The predicted octanol–water partition coefficient (Wildman–Crippen LogP) is 0.222. The molecule has 0 fully saturated rings. The summed E-state index contributed by atoms with van der Waals surface area (Å²) in [5.74, 6) is 0.634. The molecule has 1 N–H and O–H groups in total. The Labute approximate surface area is 106 Å². The third-order valence-electron chi connectivity index (χ3n) is 1.64. The molecule has 4 nitrogen and oxygen atoms in total. The first-order valence-corrected chi connectivity index (χ1v) is 5.16. The molecule has 0 aromatic heterocycles. The van der Waals surface area contributed by atoms with Gasteiger partial charge in [0.15, 0.2) is 0 Å². The molecule has 0 heterocycles. The minimum absolute atomic E-state index is 0. The van der Waals surface area contributed by atoms with Crippen LogP contribution < -0.4 is 9.46 Å². The minimum atomic E-state index is -3.33. The molecule has 0 spiro atoms. The Kier molecular flexibility index (Phi) is 5.70. The number of rotatable bonds is 3. The zero-order chi connectivity index (χ0) is 9.90. The van der Waals surface area contributed by atoms with Crippen molar-refractivity contribution in [3.8, 4) is 5.75 Å². The van der Waals surface area contributed by atoms with Gasteiger partial charge >= 0.3 is 0 Å². The summed E-state index contributed by atoms with van der Waals surface area (Å²) in [6.45, 7) is 0. The van der Waals surface area contributed by atoms with Gasteiger partial charge in [-0.1, -0.05) is 0 Å². The molecule has 1 rings (SSSR count). The largest absolute Gasteiger partial charge is 0.497 e. The van der Waals surface area contributed by atoms with Crippen LogP contribution in [0.3, 0.4) is 0 Å². The molecule has 73 valence electrons. The average Bonchev–Trinajstić information content (AvgIpc) is 2.18. The van der Waals surface area contributed by atoms with E-state index in [2.05, 4.69) is 4.72 Å². The molecule has 0 aliphatic carbocycles. The number of hydrogen-bond acceptors (Lipinski definition) is 3. The molecule has 6 heteroatoms. The van der Waals surface area contributed by atoms with Gasteiger partial charge in [0.25, 0.3) is 0 Å². The fourth-order valence-corrected chi connectivity index (χ4v) is 1.60. The van der Waals surface area contributed by atoms with Crippen molar-refractivity contribution in [3.63, 3.8) is 0 Å². The Morgan fingerprint density at radius 3 is 2.07 bits per heavy atom. The number of methoxy groups -OCH3 is 1. The Morgan fingerprint density at radius 1 is 1.21 bits per heavy atom. The monoisotopic (exact) mass is 224 g/mol. The van der Waals surface area contributed by atoms with E-state index in [0.29, 0.717) is 5.75 Å². The van der Waals surface area contributed by atoms with Gasteiger partial charge in [-0.25, -0.2) is 13.1 Å². The zero-order valence-electron chi connectivity index (χ0n) is 8.44. The van der Waals surface area contributed by atoms with E-state index in [1.54, 1.807) is 12.1 Å². The van der Waals surface area contributed by atoms with Crippen LogP contribution in [0, 0.1) is 0 Å². The minimum Gasteiger partial charge on any atom is -0.497 e. The normalized spacial score (nSPS) is 10.4. The smallest absolute Gasteiger partial charge is 0.240 e. The van der Waals surface area contributed by atoms with Crippen molar-refractivity contribution in [2.75, 3.05) is 14.2 Å². The van der Waals surface area contributed by atoms with Crippen LogP contribution in [0.5, 0.6) is 5.75 Å². The summed E-state index contributed by atoms with van der Waals surface area (Å²) < 4.78 is 29.6. The second kappa shape index (κ2) is 5.72. The Balaban J connectivity index is 0.00000169.